The number of nitrogens with two attached hydrogens (primary N) is 2. The maximum atomic E-state index is 12.2. The van der Waals surface area contributed by atoms with E-state index in [0.29, 0.717) is 42.1 Å². The van der Waals surface area contributed by atoms with E-state index in [1.54, 1.807) is 16.8 Å². The van der Waals surface area contributed by atoms with Crippen molar-refractivity contribution in [1.29, 1.82) is 0 Å². The number of ether oxygens (including phenoxy) is 1. The van der Waals surface area contributed by atoms with Crippen LogP contribution in [0.2, 0.25) is 0 Å². The van der Waals surface area contributed by atoms with Crippen LogP contribution >= 0.6 is 0 Å². The topological polar surface area (TPSA) is 112 Å². The number of nitrogens with zero attached hydrogens (tertiary/aromatic N) is 4. The number of hydrogen-bond acceptors (Lipinski definition) is 6. The molecule has 4 rings (SSSR count). The van der Waals surface area contributed by atoms with Gasteiger partial charge in [0.05, 0.1) is 12.2 Å². The van der Waals surface area contributed by atoms with E-state index in [1.165, 1.54) is 25.7 Å². The van der Waals surface area contributed by atoms with Gasteiger partial charge in [0.2, 0.25) is 5.88 Å². The van der Waals surface area contributed by atoms with Crippen molar-refractivity contribution < 1.29 is 9.53 Å². The van der Waals surface area contributed by atoms with E-state index in [9.17, 15) is 4.79 Å². The highest BCUT2D eigenvalue weighted by Crippen LogP contribution is 2.39. The van der Waals surface area contributed by atoms with Gasteiger partial charge in [-0.3, -0.25) is 4.79 Å². The summed E-state index contributed by atoms with van der Waals surface area (Å²) >= 11 is 0. The van der Waals surface area contributed by atoms with Crippen molar-refractivity contribution in [3.05, 3.63) is 30.0 Å². The fourth-order valence-corrected chi connectivity index (χ4v) is 5.46. The lowest BCUT2D eigenvalue weighted by Gasteiger charge is -2.33. The van der Waals surface area contributed by atoms with Gasteiger partial charge in [0.25, 0.3) is 5.91 Å². The van der Waals surface area contributed by atoms with Crippen molar-refractivity contribution in [3.63, 3.8) is 0 Å². The van der Waals surface area contributed by atoms with Crippen molar-refractivity contribution in [2.75, 3.05) is 24.6 Å². The predicted octanol–water partition coefficient (Wildman–Crippen LogP) is 3.67. The Balaban J connectivity index is 1.52. The molecule has 1 saturated heterocycles. The molecule has 1 saturated carbocycles. The van der Waals surface area contributed by atoms with Crippen molar-refractivity contribution in [2.45, 2.75) is 70.8 Å². The Bertz CT molecular complexity index is 950. The van der Waals surface area contributed by atoms with Crippen LogP contribution < -0.4 is 21.1 Å². The van der Waals surface area contributed by atoms with E-state index in [2.05, 4.69) is 23.8 Å². The molecule has 3 heterocycles. The maximum absolute atomic E-state index is 12.2. The minimum Gasteiger partial charge on any atom is -0.477 e. The van der Waals surface area contributed by atoms with Gasteiger partial charge in [-0.15, -0.1) is 5.10 Å². The van der Waals surface area contributed by atoms with Crippen LogP contribution in [0.1, 0.15) is 75.6 Å². The van der Waals surface area contributed by atoms with E-state index in [-0.39, 0.29) is 5.54 Å². The summed E-state index contributed by atoms with van der Waals surface area (Å²) in [5.41, 5.74) is 11.8. The number of amides is 1. The maximum Gasteiger partial charge on any atom is 0.252 e. The van der Waals surface area contributed by atoms with Crippen LogP contribution in [0.15, 0.2) is 24.4 Å². The molecule has 0 bridgehead atoms. The van der Waals surface area contributed by atoms with Gasteiger partial charge in [-0.1, -0.05) is 25.7 Å². The first-order valence-electron chi connectivity index (χ1n) is 12.3. The van der Waals surface area contributed by atoms with Crippen LogP contribution in [0.3, 0.4) is 0 Å². The van der Waals surface area contributed by atoms with Crippen LogP contribution in [0.25, 0.3) is 5.82 Å². The number of aromatic nitrogens is 3. The molecule has 2 aliphatic rings. The van der Waals surface area contributed by atoms with Gasteiger partial charge >= 0.3 is 0 Å². The Labute approximate surface area is 196 Å². The second-order valence-electron chi connectivity index (χ2n) is 10.2. The minimum absolute atomic E-state index is 0.131. The molecule has 8 nitrogen and oxygen atoms in total. The van der Waals surface area contributed by atoms with E-state index in [0.717, 1.165) is 38.1 Å². The molecule has 4 N–H and O–H groups in total. The molecule has 33 heavy (non-hydrogen) atoms. The zero-order valence-electron chi connectivity index (χ0n) is 20.0. The number of primary amides is 1. The monoisotopic (exact) mass is 454 g/mol. The lowest BCUT2D eigenvalue weighted by Crippen LogP contribution is -2.40. The van der Waals surface area contributed by atoms with Gasteiger partial charge in [-0.25, -0.2) is 9.67 Å². The van der Waals surface area contributed by atoms with Crippen LogP contribution in [0.4, 0.5) is 5.82 Å². The summed E-state index contributed by atoms with van der Waals surface area (Å²) < 4.78 is 7.59. The second kappa shape index (κ2) is 10.1. The van der Waals surface area contributed by atoms with Crippen molar-refractivity contribution in [2.24, 2.45) is 23.3 Å². The molecular weight excluding hydrogens is 416 g/mol. The summed E-state index contributed by atoms with van der Waals surface area (Å²) in [7, 11) is 0. The average molecular weight is 455 g/mol. The first-order valence-corrected chi connectivity index (χ1v) is 12.3. The number of pyridine rings is 1. The Morgan fingerprint density at radius 3 is 2.70 bits per heavy atom. The van der Waals surface area contributed by atoms with Gasteiger partial charge in [0, 0.05) is 24.3 Å². The molecule has 1 aliphatic carbocycles. The smallest absolute Gasteiger partial charge is 0.252 e. The molecule has 1 aliphatic heterocycles. The number of carbonyl (C=O) groups is 1. The standard InChI is InChI=1S/C25H38N6O2/c1-25(2)16-19(8-5-13-26)17-30(25)24-20(23(27)32)9-10-21(28-24)31-14-11-22(29-31)33-15-12-18-6-3-4-7-18/h9-11,14,18-19H,3-8,12-13,15-17,26H2,1-2H3,(H2,27,32)/t19-/m0/s1. The highest BCUT2D eigenvalue weighted by Gasteiger charge is 2.40. The Hall–Kier alpha value is -2.61. The molecule has 180 valence electrons. The Morgan fingerprint density at radius 1 is 1.18 bits per heavy atom. The Kier molecular flexibility index (Phi) is 7.22. The molecule has 0 aromatic carbocycles. The van der Waals surface area contributed by atoms with Crippen LogP contribution in [-0.4, -0.2) is 45.9 Å². The van der Waals surface area contributed by atoms with E-state index in [4.69, 9.17) is 21.2 Å². The highest BCUT2D eigenvalue weighted by atomic mass is 16.5. The van der Waals surface area contributed by atoms with Gasteiger partial charge < -0.3 is 21.1 Å². The first-order chi connectivity index (χ1) is 15.9. The molecule has 1 atom stereocenters. The number of carbonyl (C=O) groups excluding carboxylic acids is 1. The molecule has 0 unspecified atom stereocenters. The van der Waals surface area contributed by atoms with Gasteiger partial charge in [0.1, 0.15) is 5.82 Å². The summed E-state index contributed by atoms with van der Waals surface area (Å²) in [4.78, 5) is 19.3. The van der Waals surface area contributed by atoms with Crippen LogP contribution in [-0.2, 0) is 0 Å². The third-order valence-corrected chi connectivity index (χ3v) is 7.21. The molecule has 1 amide bonds. The van der Waals surface area contributed by atoms with E-state index < -0.39 is 5.91 Å². The molecule has 2 aromatic heterocycles. The molecule has 8 heteroatoms. The Morgan fingerprint density at radius 2 is 1.97 bits per heavy atom. The lowest BCUT2D eigenvalue weighted by molar-refractivity contribution is 0.100. The van der Waals surface area contributed by atoms with Crippen LogP contribution in [0.5, 0.6) is 5.88 Å². The predicted molar refractivity (Wildman–Crippen MR) is 130 cm³/mol. The fraction of sp³-hybridized carbons (Fsp3) is 0.640. The fourth-order valence-electron chi connectivity index (χ4n) is 5.46. The molecule has 2 aromatic rings. The first kappa shape index (κ1) is 23.5. The van der Waals surface area contributed by atoms with E-state index >= 15 is 0 Å². The molecule has 2 fully saturated rings. The largest absolute Gasteiger partial charge is 0.477 e. The summed E-state index contributed by atoms with van der Waals surface area (Å²) in [6.45, 7) is 6.60. The number of anilines is 1. The third-order valence-electron chi connectivity index (χ3n) is 7.21. The quantitative estimate of drug-likeness (QED) is 0.566. The van der Waals surface area contributed by atoms with Crippen molar-refractivity contribution in [1.82, 2.24) is 14.8 Å². The van der Waals surface area contributed by atoms with Crippen molar-refractivity contribution in [3.8, 4) is 11.7 Å². The molecular formula is C25H38N6O2. The van der Waals surface area contributed by atoms with Gasteiger partial charge in [-0.2, -0.15) is 0 Å². The highest BCUT2D eigenvalue weighted by molar-refractivity contribution is 5.98. The summed E-state index contributed by atoms with van der Waals surface area (Å²) in [6, 6.07) is 5.40. The summed E-state index contributed by atoms with van der Waals surface area (Å²) in [5.74, 6) is 2.69. The zero-order chi connectivity index (χ0) is 23.4. The van der Waals surface area contributed by atoms with Crippen LogP contribution in [0, 0.1) is 11.8 Å². The van der Waals surface area contributed by atoms with E-state index in [1.807, 2.05) is 12.3 Å². The van der Waals surface area contributed by atoms with Crippen molar-refractivity contribution >= 4 is 11.7 Å². The average Bonchev–Trinajstić information content (AvgIpc) is 3.52. The molecule has 0 spiro atoms. The summed E-state index contributed by atoms with van der Waals surface area (Å²) in [6.07, 6.45) is 11.3. The third kappa shape index (κ3) is 5.49. The normalized spacial score (nSPS) is 20.5. The van der Waals surface area contributed by atoms with Gasteiger partial charge in [-0.05, 0) is 70.0 Å². The SMILES string of the molecule is CC1(C)C[C@H](CCCN)CN1c1nc(-n2ccc(OCCC3CCCC3)n2)ccc1C(N)=O. The van der Waals surface area contributed by atoms with Gasteiger partial charge in [0.15, 0.2) is 5.82 Å². The number of rotatable bonds is 10. The second-order valence-corrected chi connectivity index (χ2v) is 10.2. The molecule has 0 radical (unpaired) electrons. The lowest BCUT2D eigenvalue weighted by atomic mass is 9.93. The zero-order valence-corrected chi connectivity index (χ0v) is 20.0. The minimum atomic E-state index is -0.471. The summed E-state index contributed by atoms with van der Waals surface area (Å²) in [5, 5.41) is 4.56. The number of hydrogen-bond donors (Lipinski definition) is 2.